The number of nitrogens with one attached hydrogen (secondary N) is 2. The van der Waals surface area contributed by atoms with Gasteiger partial charge in [-0.05, 0) is 19.1 Å². The number of H-pyrrole nitrogens is 1. The Morgan fingerprint density at radius 1 is 1.43 bits per heavy atom. The SMILES string of the molecule is CCN1CCN(C(=O)NC(C=O)c2ccc[nH]2)C(=O)C1=O. The molecule has 2 N–H and O–H groups in total. The van der Waals surface area contributed by atoms with Gasteiger partial charge in [-0.3, -0.25) is 14.5 Å². The van der Waals surface area contributed by atoms with Gasteiger partial charge in [0.05, 0.1) is 0 Å². The lowest BCUT2D eigenvalue weighted by molar-refractivity contribution is -0.153. The number of piperazine rings is 1. The van der Waals surface area contributed by atoms with Crippen molar-refractivity contribution in [3.05, 3.63) is 24.0 Å². The summed E-state index contributed by atoms with van der Waals surface area (Å²) >= 11 is 0. The molecule has 1 aliphatic heterocycles. The molecule has 4 amide bonds. The van der Waals surface area contributed by atoms with E-state index in [-0.39, 0.29) is 6.54 Å². The highest BCUT2D eigenvalue weighted by Gasteiger charge is 2.36. The van der Waals surface area contributed by atoms with E-state index in [2.05, 4.69) is 10.3 Å². The Labute approximate surface area is 121 Å². The van der Waals surface area contributed by atoms with Crippen molar-refractivity contribution in [1.29, 1.82) is 0 Å². The van der Waals surface area contributed by atoms with Gasteiger partial charge in [0.25, 0.3) is 0 Å². The fourth-order valence-corrected chi connectivity index (χ4v) is 2.10. The normalized spacial score (nSPS) is 16.8. The molecular weight excluding hydrogens is 276 g/mol. The summed E-state index contributed by atoms with van der Waals surface area (Å²) < 4.78 is 0. The zero-order chi connectivity index (χ0) is 15.4. The molecule has 0 saturated carbocycles. The van der Waals surface area contributed by atoms with Gasteiger partial charge in [0, 0.05) is 31.5 Å². The van der Waals surface area contributed by atoms with Gasteiger partial charge in [0.15, 0.2) is 0 Å². The summed E-state index contributed by atoms with van der Waals surface area (Å²) in [4.78, 5) is 51.7. The fraction of sp³-hybridized carbons (Fsp3) is 0.385. The zero-order valence-electron chi connectivity index (χ0n) is 11.5. The second kappa shape index (κ2) is 6.21. The monoisotopic (exact) mass is 292 g/mol. The molecule has 1 unspecified atom stereocenters. The van der Waals surface area contributed by atoms with Gasteiger partial charge < -0.3 is 20.0 Å². The van der Waals surface area contributed by atoms with Crippen LogP contribution in [0.25, 0.3) is 0 Å². The summed E-state index contributed by atoms with van der Waals surface area (Å²) in [6.45, 7) is 2.58. The molecule has 21 heavy (non-hydrogen) atoms. The molecule has 1 saturated heterocycles. The average molecular weight is 292 g/mol. The molecule has 1 aromatic heterocycles. The maximum atomic E-state index is 12.1. The standard InChI is InChI=1S/C13H16N4O4/c1-2-16-6-7-17(12(20)11(16)19)13(21)15-10(8-18)9-4-3-5-14-9/h3-5,8,10,14H,2,6-7H2,1H3,(H,15,21). The number of likely N-dealkylation sites (N-methyl/N-ethyl adjacent to an activating group) is 1. The van der Waals surface area contributed by atoms with Gasteiger partial charge in [-0.25, -0.2) is 4.79 Å². The number of carbonyl (C=O) groups excluding carboxylic acids is 4. The average Bonchev–Trinajstić information content (AvgIpc) is 3.01. The minimum atomic E-state index is -0.889. The lowest BCUT2D eigenvalue weighted by Gasteiger charge is -2.32. The molecule has 0 radical (unpaired) electrons. The molecule has 1 aliphatic rings. The fourth-order valence-electron chi connectivity index (χ4n) is 2.10. The first-order valence-electron chi connectivity index (χ1n) is 6.58. The van der Waals surface area contributed by atoms with Gasteiger partial charge >= 0.3 is 17.8 Å². The highest BCUT2D eigenvalue weighted by atomic mass is 16.2. The van der Waals surface area contributed by atoms with Crippen LogP contribution in [0.5, 0.6) is 0 Å². The summed E-state index contributed by atoms with van der Waals surface area (Å²) in [6.07, 6.45) is 2.17. The van der Waals surface area contributed by atoms with Crippen molar-refractivity contribution in [1.82, 2.24) is 20.1 Å². The van der Waals surface area contributed by atoms with Crippen molar-refractivity contribution in [2.75, 3.05) is 19.6 Å². The maximum absolute atomic E-state index is 12.1. The topological polar surface area (TPSA) is 103 Å². The van der Waals surface area contributed by atoms with Crippen molar-refractivity contribution >= 4 is 24.1 Å². The van der Waals surface area contributed by atoms with Crippen LogP contribution in [0.4, 0.5) is 4.79 Å². The maximum Gasteiger partial charge on any atom is 0.325 e. The van der Waals surface area contributed by atoms with E-state index >= 15 is 0 Å². The van der Waals surface area contributed by atoms with Crippen molar-refractivity contribution in [3.8, 4) is 0 Å². The number of rotatable bonds is 4. The lowest BCUT2D eigenvalue weighted by Crippen LogP contribution is -2.58. The molecule has 1 aromatic rings. The molecule has 2 heterocycles. The number of imide groups is 1. The molecular formula is C13H16N4O4. The Kier molecular flexibility index (Phi) is 4.36. The largest absolute Gasteiger partial charge is 0.363 e. The van der Waals surface area contributed by atoms with E-state index in [0.717, 1.165) is 4.90 Å². The van der Waals surface area contributed by atoms with E-state index in [0.29, 0.717) is 25.1 Å². The molecule has 0 aromatic carbocycles. The number of aromatic amines is 1. The summed E-state index contributed by atoms with van der Waals surface area (Å²) in [5.74, 6) is -1.59. The van der Waals surface area contributed by atoms with Crippen molar-refractivity contribution in [2.24, 2.45) is 0 Å². The summed E-state index contributed by atoms with van der Waals surface area (Å²) in [7, 11) is 0. The van der Waals surface area contributed by atoms with Crippen LogP contribution in [0, 0.1) is 0 Å². The molecule has 1 fully saturated rings. The van der Waals surface area contributed by atoms with E-state index in [1.165, 1.54) is 4.90 Å². The number of aromatic nitrogens is 1. The van der Waals surface area contributed by atoms with E-state index in [1.807, 2.05) is 0 Å². The quantitative estimate of drug-likeness (QED) is 0.585. The number of carbonyl (C=O) groups is 4. The summed E-state index contributed by atoms with van der Waals surface area (Å²) in [6, 6.07) is 1.68. The lowest BCUT2D eigenvalue weighted by atomic mass is 10.2. The molecule has 8 nitrogen and oxygen atoms in total. The first-order chi connectivity index (χ1) is 10.1. The first-order valence-corrected chi connectivity index (χ1v) is 6.58. The van der Waals surface area contributed by atoms with E-state index in [9.17, 15) is 19.2 Å². The molecule has 112 valence electrons. The minimum absolute atomic E-state index is 0.112. The van der Waals surface area contributed by atoms with Gasteiger partial charge in [0.1, 0.15) is 12.3 Å². The second-order valence-corrected chi connectivity index (χ2v) is 4.53. The van der Waals surface area contributed by atoms with Gasteiger partial charge in [0.2, 0.25) is 0 Å². The van der Waals surface area contributed by atoms with Crippen LogP contribution < -0.4 is 5.32 Å². The number of nitrogens with zero attached hydrogens (tertiary/aromatic N) is 2. The zero-order valence-corrected chi connectivity index (χ0v) is 11.5. The van der Waals surface area contributed by atoms with Crippen molar-refractivity contribution in [3.63, 3.8) is 0 Å². The Hall–Kier alpha value is -2.64. The van der Waals surface area contributed by atoms with Crippen LogP contribution in [0.3, 0.4) is 0 Å². The Morgan fingerprint density at radius 2 is 2.19 bits per heavy atom. The van der Waals surface area contributed by atoms with Gasteiger partial charge in [-0.2, -0.15) is 0 Å². The number of urea groups is 1. The number of amides is 4. The van der Waals surface area contributed by atoms with Gasteiger partial charge in [-0.1, -0.05) is 0 Å². The Balaban J connectivity index is 2.05. The highest BCUT2D eigenvalue weighted by molar-refractivity contribution is 6.38. The second-order valence-electron chi connectivity index (χ2n) is 4.53. The van der Waals surface area contributed by atoms with Gasteiger partial charge in [-0.15, -0.1) is 0 Å². The molecule has 2 rings (SSSR count). The number of hydrogen-bond donors (Lipinski definition) is 2. The summed E-state index contributed by atoms with van der Waals surface area (Å²) in [5.41, 5.74) is 0.504. The molecule has 0 spiro atoms. The predicted molar refractivity (Wildman–Crippen MR) is 72.1 cm³/mol. The van der Waals surface area contributed by atoms with Crippen LogP contribution in [-0.4, -0.2) is 58.5 Å². The Bertz CT molecular complexity index is 555. The van der Waals surface area contributed by atoms with Crippen LogP contribution in [0.1, 0.15) is 18.7 Å². The first kappa shape index (κ1) is 14.8. The van der Waals surface area contributed by atoms with Crippen LogP contribution in [0.15, 0.2) is 18.3 Å². The molecule has 0 bridgehead atoms. The van der Waals surface area contributed by atoms with E-state index in [4.69, 9.17) is 0 Å². The van der Waals surface area contributed by atoms with Crippen molar-refractivity contribution in [2.45, 2.75) is 13.0 Å². The molecule has 0 aliphatic carbocycles. The Morgan fingerprint density at radius 3 is 2.76 bits per heavy atom. The van der Waals surface area contributed by atoms with E-state index in [1.54, 1.807) is 25.3 Å². The van der Waals surface area contributed by atoms with E-state index < -0.39 is 23.9 Å². The third-order valence-electron chi connectivity index (χ3n) is 3.31. The smallest absolute Gasteiger partial charge is 0.325 e. The number of aldehydes is 1. The number of hydrogen-bond acceptors (Lipinski definition) is 4. The van der Waals surface area contributed by atoms with Crippen molar-refractivity contribution < 1.29 is 19.2 Å². The predicted octanol–water partition coefficient (Wildman–Crippen LogP) is -0.345. The third kappa shape index (κ3) is 2.93. The molecule has 1 atom stereocenters. The van der Waals surface area contributed by atoms with Crippen LogP contribution >= 0.6 is 0 Å². The highest BCUT2D eigenvalue weighted by Crippen LogP contribution is 2.10. The van der Waals surface area contributed by atoms with Crippen LogP contribution in [0.2, 0.25) is 0 Å². The van der Waals surface area contributed by atoms with Crippen LogP contribution in [-0.2, 0) is 14.4 Å². The minimum Gasteiger partial charge on any atom is -0.363 e. The molecule has 8 heteroatoms. The summed E-state index contributed by atoms with van der Waals surface area (Å²) in [5, 5.41) is 2.42. The third-order valence-corrected chi connectivity index (χ3v) is 3.31.